The molecule has 0 amide bonds. The number of aromatic nitrogens is 2. The molecule has 0 radical (unpaired) electrons. The van der Waals surface area contributed by atoms with Crippen molar-refractivity contribution in [3.63, 3.8) is 0 Å². The van der Waals surface area contributed by atoms with Gasteiger partial charge >= 0.3 is 0 Å². The van der Waals surface area contributed by atoms with E-state index in [2.05, 4.69) is 34.7 Å². The van der Waals surface area contributed by atoms with Crippen molar-refractivity contribution in [1.29, 1.82) is 5.26 Å². The maximum atomic E-state index is 9.13. The summed E-state index contributed by atoms with van der Waals surface area (Å²) in [6, 6.07) is 14.3. The van der Waals surface area contributed by atoms with Crippen LogP contribution in [0.4, 0.5) is 0 Å². The smallest absolute Gasteiger partial charge is 0.128 e. The van der Waals surface area contributed by atoms with E-state index in [1.54, 1.807) is 17.5 Å². The molecule has 1 aliphatic heterocycles. The predicted molar refractivity (Wildman–Crippen MR) is 92.5 cm³/mol. The molecule has 1 aromatic carbocycles. The summed E-state index contributed by atoms with van der Waals surface area (Å²) in [5.41, 5.74) is 2.62. The summed E-state index contributed by atoms with van der Waals surface area (Å²) in [6.45, 7) is 1.43. The number of nitrogens with zero attached hydrogens (tertiary/aromatic N) is 3. The van der Waals surface area contributed by atoms with Crippen LogP contribution in [-0.2, 0) is 23.5 Å². The van der Waals surface area contributed by atoms with Gasteiger partial charge in [0.05, 0.1) is 18.2 Å². The summed E-state index contributed by atoms with van der Waals surface area (Å²) in [6.07, 6.45) is 5.66. The molecular formula is C19H17N3OS. The van der Waals surface area contributed by atoms with Gasteiger partial charge in [-0.3, -0.25) is 4.68 Å². The van der Waals surface area contributed by atoms with Crippen LogP contribution in [0.2, 0.25) is 0 Å². The zero-order valence-corrected chi connectivity index (χ0v) is 14.0. The molecule has 0 saturated heterocycles. The molecule has 2 aromatic heterocycles. The first kappa shape index (κ1) is 15.1. The maximum Gasteiger partial charge on any atom is 0.128 e. The van der Waals surface area contributed by atoms with Crippen molar-refractivity contribution in [3.05, 3.63) is 75.7 Å². The van der Waals surface area contributed by atoms with Crippen LogP contribution in [0.3, 0.4) is 0 Å². The lowest BCUT2D eigenvalue weighted by Crippen LogP contribution is -2.26. The number of hydrogen-bond acceptors (Lipinski definition) is 4. The highest BCUT2D eigenvalue weighted by Crippen LogP contribution is 2.47. The fourth-order valence-corrected chi connectivity index (χ4v) is 4.34. The molecule has 4 rings (SSSR count). The molecule has 4 nitrogen and oxygen atoms in total. The van der Waals surface area contributed by atoms with Crippen molar-refractivity contribution < 1.29 is 4.74 Å². The average Bonchev–Trinajstić information content (AvgIpc) is 3.36. The second kappa shape index (κ2) is 6.23. The van der Waals surface area contributed by atoms with Crippen LogP contribution in [0.25, 0.3) is 0 Å². The third-order valence-corrected chi connectivity index (χ3v) is 5.55. The van der Waals surface area contributed by atoms with Crippen molar-refractivity contribution in [2.24, 2.45) is 0 Å². The highest BCUT2D eigenvalue weighted by atomic mass is 32.1. The molecular weight excluding hydrogens is 318 g/mol. The summed E-state index contributed by atoms with van der Waals surface area (Å²) < 4.78 is 8.30. The molecule has 24 heavy (non-hydrogen) atoms. The summed E-state index contributed by atoms with van der Waals surface area (Å²) in [4.78, 5) is 1.23. The molecule has 5 heteroatoms. The Morgan fingerprint density at radius 3 is 3.04 bits per heavy atom. The molecule has 1 unspecified atom stereocenters. The standard InChI is InChI=1S/C19H17N3OS/c20-13-15-5-6-17-16(12-15)14-23-19(17,18-4-1-11-24-18)7-2-9-22-10-3-8-21-22/h1,3-6,8,10-12H,2,7,9,14H2. The quantitative estimate of drug-likeness (QED) is 0.706. The zero-order chi connectivity index (χ0) is 16.4. The SMILES string of the molecule is N#Cc1ccc2c(c1)COC2(CCCn1cccn1)c1cccs1. The second-order valence-corrected chi connectivity index (χ2v) is 6.90. The van der Waals surface area contributed by atoms with Crippen LogP contribution < -0.4 is 0 Å². The summed E-state index contributed by atoms with van der Waals surface area (Å²) in [5, 5.41) is 15.5. The van der Waals surface area contributed by atoms with Gasteiger partial charge in [-0.25, -0.2) is 0 Å². The molecule has 1 aliphatic rings. The van der Waals surface area contributed by atoms with Crippen LogP contribution in [0.15, 0.2) is 54.2 Å². The number of nitriles is 1. The van der Waals surface area contributed by atoms with Crippen LogP contribution in [-0.4, -0.2) is 9.78 Å². The molecule has 0 fully saturated rings. The third-order valence-electron chi connectivity index (χ3n) is 4.54. The molecule has 0 N–H and O–H groups in total. The zero-order valence-electron chi connectivity index (χ0n) is 13.2. The van der Waals surface area contributed by atoms with E-state index >= 15 is 0 Å². The highest BCUT2D eigenvalue weighted by molar-refractivity contribution is 7.10. The normalized spacial score (nSPS) is 19.1. The van der Waals surface area contributed by atoms with E-state index in [4.69, 9.17) is 10.00 Å². The Balaban J connectivity index is 1.66. The Kier molecular flexibility index (Phi) is 3.93. The van der Waals surface area contributed by atoms with E-state index in [1.807, 2.05) is 29.1 Å². The lowest BCUT2D eigenvalue weighted by atomic mass is 9.86. The van der Waals surface area contributed by atoms with Gasteiger partial charge in [0.1, 0.15) is 5.60 Å². The largest absolute Gasteiger partial charge is 0.360 e. The van der Waals surface area contributed by atoms with Gasteiger partial charge in [0, 0.05) is 23.8 Å². The van der Waals surface area contributed by atoms with Gasteiger partial charge in [-0.15, -0.1) is 11.3 Å². The monoisotopic (exact) mass is 335 g/mol. The molecule has 0 saturated carbocycles. The number of fused-ring (bicyclic) bond motifs is 1. The molecule has 0 aliphatic carbocycles. The Labute approximate surface area is 144 Å². The van der Waals surface area contributed by atoms with Crippen LogP contribution >= 0.6 is 11.3 Å². The van der Waals surface area contributed by atoms with Gasteiger partial charge in [-0.1, -0.05) is 12.1 Å². The Bertz CT molecular complexity index is 865. The Hall–Kier alpha value is -2.42. The van der Waals surface area contributed by atoms with E-state index in [9.17, 15) is 0 Å². The van der Waals surface area contributed by atoms with Crippen LogP contribution in [0.1, 0.15) is 34.4 Å². The number of thiophene rings is 1. The first-order valence-electron chi connectivity index (χ1n) is 8.01. The van der Waals surface area contributed by atoms with E-state index in [1.165, 1.54) is 10.4 Å². The molecule has 120 valence electrons. The maximum absolute atomic E-state index is 9.13. The minimum Gasteiger partial charge on any atom is -0.360 e. The molecule has 0 spiro atoms. The van der Waals surface area contributed by atoms with Crippen molar-refractivity contribution in [1.82, 2.24) is 9.78 Å². The van der Waals surface area contributed by atoms with Gasteiger partial charge < -0.3 is 4.74 Å². The third kappa shape index (κ3) is 2.54. The molecule has 3 aromatic rings. The first-order chi connectivity index (χ1) is 11.8. The molecule has 3 heterocycles. The average molecular weight is 335 g/mol. The molecule has 0 bridgehead atoms. The topological polar surface area (TPSA) is 50.8 Å². The van der Waals surface area contributed by atoms with Gasteiger partial charge in [-0.05, 0) is 53.6 Å². The highest BCUT2D eigenvalue weighted by Gasteiger charge is 2.42. The lowest BCUT2D eigenvalue weighted by molar-refractivity contribution is -0.0111. The number of ether oxygens (including phenoxy) is 1. The van der Waals surface area contributed by atoms with E-state index in [-0.39, 0.29) is 0 Å². The van der Waals surface area contributed by atoms with Crippen molar-refractivity contribution in [3.8, 4) is 6.07 Å². The van der Waals surface area contributed by atoms with Crippen molar-refractivity contribution >= 4 is 11.3 Å². The second-order valence-electron chi connectivity index (χ2n) is 5.95. The van der Waals surface area contributed by atoms with Crippen LogP contribution in [0, 0.1) is 11.3 Å². The lowest BCUT2D eigenvalue weighted by Gasteiger charge is -2.29. The van der Waals surface area contributed by atoms with Crippen molar-refractivity contribution in [2.75, 3.05) is 0 Å². The van der Waals surface area contributed by atoms with Gasteiger partial charge in [0.15, 0.2) is 0 Å². The van der Waals surface area contributed by atoms with E-state index < -0.39 is 5.60 Å². The van der Waals surface area contributed by atoms with E-state index in [0.29, 0.717) is 12.2 Å². The number of aryl methyl sites for hydroxylation is 1. The minimum absolute atomic E-state index is 0.398. The van der Waals surface area contributed by atoms with Gasteiger partial charge in [-0.2, -0.15) is 10.4 Å². The fraction of sp³-hybridized carbons (Fsp3) is 0.263. The van der Waals surface area contributed by atoms with E-state index in [0.717, 1.165) is 24.9 Å². The number of rotatable bonds is 5. The van der Waals surface area contributed by atoms with Crippen LogP contribution in [0.5, 0.6) is 0 Å². The first-order valence-corrected chi connectivity index (χ1v) is 8.89. The van der Waals surface area contributed by atoms with Gasteiger partial charge in [0.25, 0.3) is 0 Å². The Morgan fingerprint density at radius 2 is 2.29 bits per heavy atom. The predicted octanol–water partition coefficient (Wildman–Crippen LogP) is 4.07. The fourth-order valence-electron chi connectivity index (χ4n) is 3.42. The van der Waals surface area contributed by atoms with Gasteiger partial charge in [0.2, 0.25) is 0 Å². The number of hydrogen-bond donors (Lipinski definition) is 0. The molecule has 1 atom stereocenters. The Morgan fingerprint density at radius 1 is 1.33 bits per heavy atom. The number of benzene rings is 1. The van der Waals surface area contributed by atoms with Crippen molar-refractivity contribution in [2.45, 2.75) is 31.6 Å². The summed E-state index contributed by atoms with van der Waals surface area (Å²) >= 11 is 1.73. The minimum atomic E-state index is -0.398. The summed E-state index contributed by atoms with van der Waals surface area (Å²) in [5.74, 6) is 0. The summed E-state index contributed by atoms with van der Waals surface area (Å²) in [7, 11) is 0.